The topological polar surface area (TPSA) is 272 Å². The number of rotatable bonds is 13. The van der Waals surface area contributed by atoms with Crippen molar-refractivity contribution in [1.82, 2.24) is 15.0 Å². The van der Waals surface area contributed by atoms with Crippen molar-refractivity contribution in [2.24, 2.45) is 0 Å². The van der Waals surface area contributed by atoms with Gasteiger partial charge in [-0.05, 0) is 0 Å². The van der Waals surface area contributed by atoms with Gasteiger partial charge in [0.2, 0.25) is 17.8 Å². The Morgan fingerprint density at radius 3 is 1.15 bits per heavy atom. The summed E-state index contributed by atoms with van der Waals surface area (Å²) in [7, 11) is 0. The predicted octanol–water partition coefficient (Wildman–Crippen LogP) is -6.60. The Morgan fingerprint density at radius 2 is 0.909 bits per heavy atom. The summed E-state index contributed by atoms with van der Waals surface area (Å²) >= 11 is 0. The smallest absolute Gasteiger partial charge is 0.261 e. The highest BCUT2D eigenvalue weighted by molar-refractivity contribution is 6.14. The van der Waals surface area contributed by atoms with E-state index in [-0.39, 0.29) is 39.8 Å². The molecule has 18 heteroatoms. The number of anilines is 3. The molecule has 0 bridgehead atoms. The summed E-state index contributed by atoms with van der Waals surface area (Å²) in [6, 6.07) is 0. The van der Waals surface area contributed by atoms with Crippen LogP contribution in [0.1, 0.15) is 0 Å². The van der Waals surface area contributed by atoms with Crippen molar-refractivity contribution in [2.75, 3.05) is 27.9 Å². The van der Waals surface area contributed by atoms with Crippen molar-refractivity contribution in [3.8, 4) is 0 Å². The number of hydrogen-bond donors (Lipinski definition) is 6. The fourth-order valence-electron chi connectivity index (χ4n) is 2.23. The fourth-order valence-corrected chi connectivity index (χ4v) is 2.23. The highest BCUT2D eigenvalue weighted by Crippen LogP contribution is 2.23. The van der Waals surface area contributed by atoms with Gasteiger partial charge in [0.25, 0.3) is 11.8 Å². The van der Waals surface area contributed by atoms with E-state index in [0.29, 0.717) is 0 Å². The van der Waals surface area contributed by atoms with Crippen LogP contribution in [0.4, 0.5) is 17.8 Å². The molecule has 1 aromatic heterocycles. The highest BCUT2D eigenvalue weighted by atomic mass is 16.3. The minimum Gasteiger partial charge on any atom is -0.386 e. The fraction of sp³-hybridized carbons (Fsp3) is 0.400. The normalized spacial score (nSPS) is 14.2. The van der Waals surface area contributed by atoms with Crippen molar-refractivity contribution in [1.29, 1.82) is 0 Å². The lowest BCUT2D eigenvalue weighted by atomic mass is 10.4. The number of imide groups is 1. The van der Waals surface area contributed by atoms with Gasteiger partial charge in [-0.3, -0.25) is 38.6 Å². The molecule has 4 unspecified atom stereocenters. The summed E-state index contributed by atoms with van der Waals surface area (Å²) in [5.41, 5.74) is 0. The van der Waals surface area contributed by atoms with Crippen molar-refractivity contribution in [2.45, 2.75) is 24.9 Å². The van der Waals surface area contributed by atoms with E-state index in [1.54, 1.807) is 0 Å². The number of aldehydes is 4. The summed E-state index contributed by atoms with van der Waals surface area (Å²) < 4.78 is 0. The molecular formula is C15H18N6O12. The highest BCUT2D eigenvalue weighted by Gasteiger charge is 2.34. The number of aliphatic hydroxyl groups excluding tert-OH is 6. The van der Waals surface area contributed by atoms with Crippen LogP contribution in [0.2, 0.25) is 0 Å². The number of aromatic nitrogens is 3. The van der Waals surface area contributed by atoms with Crippen LogP contribution in [-0.4, -0.2) is 121 Å². The molecule has 2 amide bonds. The first-order valence-electron chi connectivity index (χ1n) is 8.55. The second-order valence-electron chi connectivity index (χ2n) is 5.69. The van der Waals surface area contributed by atoms with Gasteiger partial charge in [0.1, 0.15) is 13.2 Å². The minimum absolute atomic E-state index is 0.0355. The molecule has 180 valence electrons. The first kappa shape index (κ1) is 27.2. The molecule has 0 radical (unpaired) electrons. The maximum Gasteiger partial charge on any atom is 0.261 e. The lowest BCUT2D eigenvalue weighted by Gasteiger charge is -2.30. The Bertz CT molecular complexity index is 806. The van der Waals surface area contributed by atoms with Crippen molar-refractivity contribution >= 4 is 54.8 Å². The lowest BCUT2D eigenvalue weighted by molar-refractivity contribution is -0.130. The zero-order valence-corrected chi connectivity index (χ0v) is 16.3. The molecule has 0 aliphatic rings. The van der Waals surface area contributed by atoms with E-state index in [2.05, 4.69) is 15.0 Å². The standard InChI is InChI=1S/C15H18N6O12/c22-1-7(28)19(8(29)2-23)13-16-14(20(9(30)3-24)10(31)4-25)18-15(17-13)21(11(32)5-26)12(33)6-27/h1-4,7-10,26-31H,5-6H2. The molecule has 0 spiro atoms. The number of carbonyl (C=O) groups excluding carboxylic acids is 6. The second-order valence-corrected chi connectivity index (χ2v) is 5.69. The van der Waals surface area contributed by atoms with Crippen LogP contribution < -0.4 is 14.7 Å². The largest absolute Gasteiger partial charge is 0.386 e. The molecular weight excluding hydrogens is 456 g/mol. The van der Waals surface area contributed by atoms with Crippen LogP contribution in [0.3, 0.4) is 0 Å². The molecule has 33 heavy (non-hydrogen) atoms. The third-order valence-corrected chi connectivity index (χ3v) is 3.66. The van der Waals surface area contributed by atoms with E-state index in [1.807, 2.05) is 0 Å². The SMILES string of the molecule is O=CC(O)N(c1nc(N(C(=O)CO)C(=O)CO)nc(N(C(O)C=O)C(O)C=O)n1)C(O)C=O. The molecule has 0 fully saturated rings. The molecule has 0 aromatic carbocycles. The van der Waals surface area contributed by atoms with Crippen LogP contribution in [0, 0.1) is 0 Å². The number of hydrogen-bond acceptors (Lipinski definition) is 17. The lowest BCUT2D eigenvalue weighted by Crippen LogP contribution is -2.49. The average Bonchev–Trinajstić information content (AvgIpc) is 2.83. The zero-order chi connectivity index (χ0) is 25.3. The number of amides is 2. The van der Waals surface area contributed by atoms with Gasteiger partial charge in [0.05, 0.1) is 0 Å². The maximum absolute atomic E-state index is 12.0. The van der Waals surface area contributed by atoms with E-state index in [9.17, 15) is 49.2 Å². The van der Waals surface area contributed by atoms with E-state index in [1.165, 1.54) is 0 Å². The molecule has 1 aromatic rings. The van der Waals surface area contributed by atoms with Crippen molar-refractivity contribution < 1.29 is 59.4 Å². The van der Waals surface area contributed by atoms with Crippen LogP contribution in [-0.2, 0) is 28.8 Å². The van der Waals surface area contributed by atoms with Crippen LogP contribution in [0.15, 0.2) is 0 Å². The predicted molar refractivity (Wildman–Crippen MR) is 99.7 cm³/mol. The van der Waals surface area contributed by atoms with Gasteiger partial charge in [-0.1, -0.05) is 0 Å². The summed E-state index contributed by atoms with van der Waals surface area (Å²) in [5, 5.41) is 57.6. The molecule has 1 rings (SSSR count). The molecule has 1 heterocycles. The van der Waals surface area contributed by atoms with E-state index >= 15 is 0 Å². The molecule has 0 saturated heterocycles. The Hall–Kier alpha value is -3.81. The third-order valence-electron chi connectivity index (χ3n) is 3.66. The Morgan fingerprint density at radius 1 is 0.636 bits per heavy atom. The summed E-state index contributed by atoms with van der Waals surface area (Å²) in [6.45, 7) is -2.67. The van der Waals surface area contributed by atoms with Gasteiger partial charge in [-0.25, -0.2) is 4.90 Å². The van der Waals surface area contributed by atoms with E-state index in [0.717, 1.165) is 0 Å². The first-order chi connectivity index (χ1) is 15.6. The molecule has 0 aliphatic carbocycles. The Balaban J connectivity index is 3.99. The summed E-state index contributed by atoms with van der Waals surface area (Å²) in [4.78, 5) is 79.0. The van der Waals surface area contributed by atoms with Crippen molar-refractivity contribution in [3.05, 3.63) is 0 Å². The number of carbonyl (C=O) groups is 6. The monoisotopic (exact) mass is 474 g/mol. The molecule has 0 aliphatic heterocycles. The van der Waals surface area contributed by atoms with Crippen LogP contribution in [0.25, 0.3) is 0 Å². The second kappa shape index (κ2) is 12.3. The van der Waals surface area contributed by atoms with Crippen molar-refractivity contribution in [3.63, 3.8) is 0 Å². The quantitative estimate of drug-likeness (QED) is 0.114. The molecule has 0 saturated carbocycles. The van der Waals surface area contributed by atoms with Gasteiger partial charge >= 0.3 is 0 Å². The van der Waals surface area contributed by atoms with E-state index < -0.39 is 67.8 Å². The Labute approximate surface area is 182 Å². The zero-order valence-electron chi connectivity index (χ0n) is 16.3. The average molecular weight is 474 g/mol. The summed E-state index contributed by atoms with van der Waals surface area (Å²) in [5.74, 6) is -6.09. The third kappa shape index (κ3) is 6.12. The van der Waals surface area contributed by atoms with Gasteiger partial charge in [-0.2, -0.15) is 15.0 Å². The van der Waals surface area contributed by atoms with Crippen LogP contribution in [0.5, 0.6) is 0 Å². The van der Waals surface area contributed by atoms with Gasteiger partial charge in [0.15, 0.2) is 50.1 Å². The summed E-state index contributed by atoms with van der Waals surface area (Å²) in [6.07, 6.45) is -10.1. The van der Waals surface area contributed by atoms with Gasteiger partial charge in [-0.15, -0.1) is 0 Å². The molecule has 6 N–H and O–H groups in total. The number of aliphatic hydroxyl groups is 6. The van der Waals surface area contributed by atoms with Crippen LogP contribution >= 0.6 is 0 Å². The van der Waals surface area contributed by atoms with Gasteiger partial charge < -0.3 is 30.6 Å². The van der Waals surface area contributed by atoms with E-state index in [4.69, 9.17) is 10.2 Å². The number of nitrogens with zero attached hydrogens (tertiary/aromatic N) is 6. The van der Waals surface area contributed by atoms with Gasteiger partial charge in [0, 0.05) is 0 Å². The first-order valence-corrected chi connectivity index (χ1v) is 8.55. The molecule has 4 atom stereocenters. The Kier molecular flexibility index (Phi) is 10.1. The molecule has 18 nitrogen and oxygen atoms in total. The minimum atomic E-state index is -2.33. The maximum atomic E-state index is 12.0.